The van der Waals surface area contributed by atoms with Gasteiger partial charge in [-0.25, -0.2) is 0 Å². The van der Waals surface area contributed by atoms with Gasteiger partial charge in [-0.3, -0.25) is 11.3 Å². The van der Waals surface area contributed by atoms with Crippen molar-refractivity contribution < 1.29 is 4.74 Å². The van der Waals surface area contributed by atoms with Crippen LogP contribution in [0.5, 0.6) is 5.75 Å². The molecule has 0 heterocycles. The van der Waals surface area contributed by atoms with Crippen molar-refractivity contribution in [1.82, 2.24) is 5.43 Å². The van der Waals surface area contributed by atoms with E-state index < -0.39 is 0 Å². The topological polar surface area (TPSA) is 47.3 Å². The molecule has 0 radical (unpaired) electrons. The summed E-state index contributed by atoms with van der Waals surface area (Å²) in [7, 11) is 1.69. The van der Waals surface area contributed by atoms with Crippen LogP contribution in [0.1, 0.15) is 31.2 Å². The van der Waals surface area contributed by atoms with Crippen molar-refractivity contribution in [2.45, 2.75) is 38.1 Å². The number of nitrogens with one attached hydrogen (secondary N) is 1. The third kappa shape index (κ3) is 3.45. The van der Waals surface area contributed by atoms with Crippen LogP contribution in [0.25, 0.3) is 0 Å². The number of hydrazine groups is 1. The quantitative estimate of drug-likeness (QED) is 0.586. The van der Waals surface area contributed by atoms with Crippen LogP contribution in [0, 0.1) is 5.92 Å². The highest BCUT2D eigenvalue weighted by atomic mass is 16.5. The molecule has 1 aromatic carbocycles. The molecule has 0 spiro atoms. The lowest BCUT2D eigenvalue weighted by atomic mass is 9.80. The second-order valence-corrected chi connectivity index (χ2v) is 4.95. The van der Waals surface area contributed by atoms with Gasteiger partial charge in [0.2, 0.25) is 0 Å². The average Bonchev–Trinajstić information content (AvgIpc) is 2.33. The van der Waals surface area contributed by atoms with E-state index in [0.29, 0.717) is 6.04 Å². The maximum absolute atomic E-state index is 5.63. The summed E-state index contributed by atoms with van der Waals surface area (Å²) in [5, 5.41) is 0. The van der Waals surface area contributed by atoms with E-state index in [-0.39, 0.29) is 0 Å². The number of ether oxygens (including phenoxy) is 1. The van der Waals surface area contributed by atoms with Gasteiger partial charge in [0.05, 0.1) is 7.11 Å². The van der Waals surface area contributed by atoms with Crippen LogP contribution in [-0.2, 0) is 6.42 Å². The Kier molecular flexibility index (Phi) is 4.40. The molecule has 3 N–H and O–H groups in total. The molecule has 1 aromatic rings. The zero-order valence-electron chi connectivity index (χ0n) is 10.5. The summed E-state index contributed by atoms with van der Waals surface area (Å²) >= 11 is 0. The summed E-state index contributed by atoms with van der Waals surface area (Å²) in [5.41, 5.74) is 4.26. The third-order valence-electron chi connectivity index (χ3n) is 3.72. The van der Waals surface area contributed by atoms with Crippen LogP contribution in [0.2, 0.25) is 0 Å². The fourth-order valence-electron chi connectivity index (χ4n) is 2.39. The molecule has 1 fully saturated rings. The van der Waals surface area contributed by atoms with E-state index in [1.54, 1.807) is 7.11 Å². The molecule has 1 atom stereocenters. The van der Waals surface area contributed by atoms with Crippen LogP contribution < -0.4 is 16.0 Å². The lowest BCUT2D eigenvalue weighted by molar-refractivity contribution is 0.259. The van der Waals surface area contributed by atoms with E-state index in [1.807, 2.05) is 12.1 Å². The van der Waals surface area contributed by atoms with E-state index >= 15 is 0 Å². The van der Waals surface area contributed by atoms with E-state index in [0.717, 1.165) is 18.1 Å². The molecule has 3 heteroatoms. The molecule has 0 aromatic heterocycles. The summed E-state index contributed by atoms with van der Waals surface area (Å²) in [5.74, 6) is 7.42. The fraction of sp³-hybridized carbons (Fsp3) is 0.571. The Balaban J connectivity index is 1.87. The first-order valence-electron chi connectivity index (χ1n) is 6.41. The molecule has 0 bridgehead atoms. The third-order valence-corrected chi connectivity index (χ3v) is 3.72. The van der Waals surface area contributed by atoms with Crippen molar-refractivity contribution in [3.05, 3.63) is 29.8 Å². The zero-order valence-corrected chi connectivity index (χ0v) is 10.5. The van der Waals surface area contributed by atoms with Gasteiger partial charge in [0, 0.05) is 6.04 Å². The maximum Gasteiger partial charge on any atom is 0.118 e. The van der Waals surface area contributed by atoms with Gasteiger partial charge in [-0.2, -0.15) is 0 Å². The van der Waals surface area contributed by atoms with Crippen LogP contribution >= 0.6 is 0 Å². The molecule has 3 nitrogen and oxygen atoms in total. The standard InChI is InChI=1S/C14H22N2O/c1-17-14-7-5-12(6-8-14)10-13(16-15)9-11-3-2-4-11/h5-8,11,13,16H,2-4,9-10,15H2,1H3. The number of rotatable bonds is 6. The smallest absolute Gasteiger partial charge is 0.118 e. The first kappa shape index (κ1) is 12.4. The van der Waals surface area contributed by atoms with Crippen LogP contribution in [0.3, 0.4) is 0 Å². The van der Waals surface area contributed by atoms with Crippen molar-refractivity contribution in [1.29, 1.82) is 0 Å². The van der Waals surface area contributed by atoms with Crippen molar-refractivity contribution in [3.8, 4) is 5.75 Å². The van der Waals surface area contributed by atoms with Gasteiger partial charge in [0.1, 0.15) is 5.75 Å². The second-order valence-electron chi connectivity index (χ2n) is 4.95. The Morgan fingerprint density at radius 2 is 2.06 bits per heavy atom. The van der Waals surface area contributed by atoms with Crippen LogP contribution in [0.15, 0.2) is 24.3 Å². The Morgan fingerprint density at radius 1 is 1.35 bits per heavy atom. The fourth-order valence-corrected chi connectivity index (χ4v) is 2.39. The molecule has 1 aliphatic rings. The Morgan fingerprint density at radius 3 is 2.53 bits per heavy atom. The molecule has 1 unspecified atom stereocenters. The zero-order chi connectivity index (χ0) is 12.1. The SMILES string of the molecule is COc1ccc(CC(CC2CCC2)NN)cc1. The predicted octanol–water partition coefficient (Wildman–Crippen LogP) is 2.26. The lowest BCUT2D eigenvalue weighted by Gasteiger charge is -2.29. The molecule has 0 amide bonds. The predicted molar refractivity (Wildman–Crippen MR) is 69.8 cm³/mol. The first-order valence-corrected chi connectivity index (χ1v) is 6.41. The lowest BCUT2D eigenvalue weighted by Crippen LogP contribution is -2.39. The minimum atomic E-state index is 0.397. The highest BCUT2D eigenvalue weighted by molar-refractivity contribution is 5.27. The highest BCUT2D eigenvalue weighted by Crippen LogP contribution is 2.31. The molecule has 1 saturated carbocycles. The van der Waals surface area contributed by atoms with E-state index in [9.17, 15) is 0 Å². The van der Waals surface area contributed by atoms with Crippen molar-refractivity contribution >= 4 is 0 Å². The van der Waals surface area contributed by atoms with Crippen molar-refractivity contribution in [3.63, 3.8) is 0 Å². The molecule has 17 heavy (non-hydrogen) atoms. The van der Waals surface area contributed by atoms with E-state index in [1.165, 1.54) is 31.2 Å². The van der Waals surface area contributed by atoms with E-state index in [2.05, 4.69) is 17.6 Å². The number of benzene rings is 1. The minimum Gasteiger partial charge on any atom is -0.497 e. The number of hydrogen-bond donors (Lipinski definition) is 2. The van der Waals surface area contributed by atoms with Gasteiger partial charge >= 0.3 is 0 Å². The normalized spacial score (nSPS) is 17.5. The van der Waals surface area contributed by atoms with E-state index in [4.69, 9.17) is 10.6 Å². The van der Waals surface area contributed by atoms with Gasteiger partial charge in [0.15, 0.2) is 0 Å². The molecular weight excluding hydrogens is 212 g/mol. The Bertz CT molecular complexity index is 333. The van der Waals surface area contributed by atoms with Crippen molar-refractivity contribution in [2.75, 3.05) is 7.11 Å². The molecule has 94 valence electrons. The molecule has 0 saturated heterocycles. The maximum atomic E-state index is 5.63. The molecule has 1 aliphatic carbocycles. The Labute approximate surface area is 103 Å². The summed E-state index contributed by atoms with van der Waals surface area (Å²) < 4.78 is 5.15. The van der Waals surface area contributed by atoms with Gasteiger partial charge < -0.3 is 4.74 Å². The van der Waals surface area contributed by atoms with Gasteiger partial charge in [-0.05, 0) is 36.5 Å². The van der Waals surface area contributed by atoms with Gasteiger partial charge in [-0.1, -0.05) is 31.4 Å². The largest absolute Gasteiger partial charge is 0.497 e. The Hall–Kier alpha value is -1.06. The monoisotopic (exact) mass is 234 g/mol. The number of hydrogen-bond acceptors (Lipinski definition) is 3. The van der Waals surface area contributed by atoms with Crippen LogP contribution in [0.4, 0.5) is 0 Å². The van der Waals surface area contributed by atoms with Crippen molar-refractivity contribution in [2.24, 2.45) is 11.8 Å². The number of methoxy groups -OCH3 is 1. The highest BCUT2D eigenvalue weighted by Gasteiger charge is 2.21. The van der Waals surface area contributed by atoms with Gasteiger partial charge in [0.25, 0.3) is 0 Å². The second kappa shape index (κ2) is 6.03. The summed E-state index contributed by atoms with van der Waals surface area (Å²) in [4.78, 5) is 0. The van der Waals surface area contributed by atoms with Crippen LogP contribution in [-0.4, -0.2) is 13.2 Å². The summed E-state index contributed by atoms with van der Waals surface area (Å²) in [6.07, 6.45) is 6.34. The summed E-state index contributed by atoms with van der Waals surface area (Å²) in [6, 6.07) is 8.64. The molecule has 2 rings (SSSR count). The number of nitrogens with two attached hydrogens (primary N) is 1. The average molecular weight is 234 g/mol. The first-order chi connectivity index (χ1) is 8.31. The molecule has 0 aliphatic heterocycles. The summed E-state index contributed by atoms with van der Waals surface area (Å²) in [6.45, 7) is 0. The minimum absolute atomic E-state index is 0.397. The molecular formula is C14H22N2O. The van der Waals surface area contributed by atoms with Gasteiger partial charge in [-0.15, -0.1) is 0 Å².